The Hall–Kier alpha value is -1.96. The summed E-state index contributed by atoms with van der Waals surface area (Å²) in [5, 5.41) is 0. The van der Waals surface area contributed by atoms with Crippen LogP contribution in [0, 0.1) is 20.8 Å². The fourth-order valence-corrected chi connectivity index (χ4v) is 1.70. The molecule has 2 aromatic rings. The van der Waals surface area contributed by atoms with Crippen molar-refractivity contribution in [2.45, 2.75) is 20.8 Å². The molecule has 2 aromatic carbocycles. The zero-order chi connectivity index (χ0) is 12.4. The van der Waals surface area contributed by atoms with Gasteiger partial charge in [0.2, 0.25) is 0 Å². The molecule has 2 heteroatoms. The number of ether oxygens (including phenoxy) is 1. The summed E-state index contributed by atoms with van der Waals surface area (Å²) >= 11 is 0. The molecule has 0 saturated heterocycles. The molecule has 2 rings (SSSR count). The topological polar surface area (TPSA) is 35.2 Å². The molecule has 2 nitrogen and oxygen atoms in total. The minimum Gasteiger partial charge on any atom is -0.455 e. The van der Waals surface area contributed by atoms with Crippen molar-refractivity contribution >= 4 is 5.69 Å². The van der Waals surface area contributed by atoms with E-state index in [1.807, 2.05) is 45.0 Å². The highest BCUT2D eigenvalue weighted by Crippen LogP contribution is 2.30. The van der Waals surface area contributed by atoms with Crippen LogP contribution in [-0.2, 0) is 0 Å². The second-order valence-electron chi connectivity index (χ2n) is 4.41. The third-order valence-electron chi connectivity index (χ3n) is 2.73. The van der Waals surface area contributed by atoms with Gasteiger partial charge < -0.3 is 10.5 Å². The van der Waals surface area contributed by atoms with Crippen molar-refractivity contribution in [3.05, 3.63) is 53.1 Å². The van der Waals surface area contributed by atoms with Gasteiger partial charge in [-0.05, 0) is 55.7 Å². The zero-order valence-electron chi connectivity index (χ0n) is 10.4. The molecule has 88 valence electrons. The average Bonchev–Trinajstić information content (AvgIpc) is 2.27. The maximum Gasteiger partial charge on any atom is 0.150 e. The Kier molecular flexibility index (Phi) is 3.05. The van der Waals surface area contributed by atoms with Crippen LogP contribution in [-0.4, -0.2) is 0 Å². The molecule has 0 aliphatic rings. The minimum atomic E-state index is 0.672. The van der Waals surface area contributed by atoms with Crippen LogP contribution < -0.4 is 10.5 Å². The highest BCUT2D eigenvalue weighted by Gasteiger charge is 2.05. The molecule has 17 heavy (non-hydrogen) atoms. The van der Waals surface area contributed by atoms with E-state index in [0.29, 0.717) is 11.4 Å². The zero-order valence-corrected chi connectivity index (χ0v) is 10.4. The van der Waals surface area contributed by atoms with Gasteiger partial charge >= 0.3 is 0 Å². The summed E-state index contributed by atoms with van der Waals surface area (Å²) < 4.78 is 5.85. The number of anilines is 1. The first-order chi connectivity index (χ1) is 8.06. The van der Waals surface area contributed by atoms with Crippen LogP contribution in [0.2, 0.25) is 0 Å². The van der Waals surface area contributed by atoms with E-state index >= 15 is 0 Å². The molecule has 0 amide bonds. The quantitative estimate of drug-likeness (QED) is 0.787. The van der Waals surface area contributed by atoms with Crippen LogP contribution in [0.4, 0.5) is 5.69 Å². The fraction of sp³-hybridized carbons (Fsp3) is 0.200. The van der Waals surface area contributed by atoms with E-state index in [1.54, 1.807) is 0 Å². The van der Waals surface area contributed by atoms with Crippen molar-refractivity contribution in [3.63, 3.8) is 0 Å². The van der Waals surface area contributed by atoms with E-state index in [9.17, 15) is 0 Å². The Bertz CT molecular complexity index is 547. The van der Waals surface area contributed by atoms with E-state index < -0.39 is 0 Å². The van der Waals surface area contributed by atoms with Gasteiger partial charge in [0, 0.05) is 0 Å². The third kappa shape index (κ3) is 2.59. The standard InChI is InChI=1S/C15H17NO/c1-10-5-7-14(13(16)8-10)17-15-9-11(2)4-6-12(15)3/h4-9H,16H2,1-3H3. The molecule has 0 saturated carbocycles. The summed E-state index contributed by atoms with van der Waals surface area (Å²) in [4.78, 5) is 0. The van der Waals surface area contributed by atoms with Gasteiger partial charge in [0.25, 0.3) is 0 Å². The first-order valence-electron chi connectivity index (χ1n) is 5.67. The van der Waals surface area contributed by atoms with Crippen LogP contribution in [0.3, 0.4) is 0 Å². The van der Waals surface area contributed by atoms with E-state index in [1.165, 1.54) is 5.56 Å². The number of aryl methyl sites for hydroxylation is 3. The number of nitrogens with two attached hydrogens (primary N) is 1. The van der Waals surface area contributed by atoms with Crippen molar-refractivity contribution in [1.29, 1.82) is 0 Å². The van der Waals surface area contributed by atoms with Crippen LogP contribution >= 0.6 is 0 Å². The predicted molar refractivity (Wildman–Crippen MR) is 71.6 cm³/mol. The van der Waals surface area contributed by atoms with Gasteiger partial charge in [0.1, 0.15) is 11.5 Å². The average molecular weight is 227 g/mol. The van der Waals surface area contributed by atoms with E-state index in [4.69, 9.17) is 10.5 Å². The van der Waals surface area contributed by atoms with Gasteiger partial charge in [-0.15, -0.1) is 0 Å². The minimum absolute atomic E-state index is 0.672. The summed E-state index contributed by atoms with van der Waals surface area (Å²) in [6.07, 6.45) is 0. The number of nitrogen functional groups attached to an aromatic ring is 1. The van der Waals surface area contributed by atoms with Crippen molar-refractivity contribution < 1.29 is 4.74 Å². The lowest BCUT2D eigenvalue weighted by Crippen LogP contribution is -1.94. The molecule has 0 spiro atoms. The molecule has 0 bridgehead atoms. The summed E-state index contributed by atoms with van der Waals surface area (Å²) in [6, 6.07) is 12.0. The largest absolute Gasteiger partial charge is 0.455 e. The van der Waals surface area contributed by atoms with E-state index in [0.717, 1.165) is 16.9 Å². The molecular weight excluding hydrogens is 210 g/mol. The molecule has 0 fully saturated rings. The third-order valence-corrected chi connectivity index (χ3v) is 2.73. The molecule has 2 N–H and O–H groups in total. The molecular formula is C15H17NO. The highest BCUT2D eigenvalue weighted by molar-refractivity contribution is 5.56. The fourth-order valence-electron chi connectivity index (χ4n) is 1.70. The normalized spacial score (nSPS) is 10.3. The lowest BCUT2D eigenvalue weighted by Gasteiger charge is -2.11. The first kappa shape index (κ1) is 11.5. The second-order valence-corrected chi connectivity index (χ2v) is 4.41. The summed E-state index contributed by atoms with van der Waals surface area (Å²) in [5.74, 6) is 1.57. The molecule has 0 aliphatic heterocycles. The van der Waals surface area contributed by atoms with E-state index in [-0.39, 0.29) is 0 Å². The molecule has 0 atom stereocenters. The number of benzene rings is 2. The SMILES string of the molecule is Cc1ccc(Oc2cc(C)ccc2C)c(N)c1. The Morgan fingerprint density at radius 3 is 2.18 bits per heavy atom. The number of rotatable bonds is 2. The van der Waals surface area contributed by atoms with Gasteiger partial charge in [-0.1, -0.05) is 18.2 Å². The lowest BCUT2D eigenvalue weighted by atomic mass is 10.1. The van der Waals surface area contributed by atoms with Gasteiger partial charge in [0.15, 0.2) is 0 Å². The van der Waals surface area contributed by atoms with Gasteiger partial charge in [0.05, 0.1) is 5.69 Å². The van der Waals surface area contributed by atoms with Crippen LogP contribution in [0.5, 0.6) is 11.5 Å². The van der Waals surface area contributed by atoms with Gasteiger partial charge in [-0.2, -0.15) is 0 Å². The Morgan fingerprint density at radius 2 is 1.47 bits per heavy atom. The van der Waals surface area contributed by atoms with Crippen molar-refractivity contribution in [2.24, 2.45) is 0 Å². The van der Waals surface area contributed by atoms with Crippen LogP contribution in [0.15, 0.2) is 36.4 Å². The molecule has 0 aliphatic carbocycles. The Balaban J connectivity index is 2.34. The predicted octanol–water partition coefficient (Wildman–Crippen LogP) is 3.99. The maximum absolute atomic E-state index is 5.93. The Labute approximate surface area is 102 Å². The maximum atomic E-state index is 5.93. The molecule has 0 heterocycles. The van der Waals surface area contributed by atoms with E-state index in [2.05, 4.69) is 12.1 Å². The highest BCUT2D eigenvalue weighted by atomic mass is 16.5. The summed E-state index contributed by atoms with van der Waals surface area (Å²) in [5.41, 5.74) is 10.0. The monoisotopic (exact) mass is 227 g/mol. The molecule has 0 radical (unpaired) electrons. The number of hydrogen-bond donors (Lipinski definition) is 1. The van der Waals surface area contributed by atoms with Crippen molar-refractivity contribution in [2.75, 3.05) is 5.73 Å². The number of hydrogen-bond acceptors (Lipinski definition) is 2. The smallest absolute Gasteiger partial charge is 0.150 e. The first-order valence-corrected chi connectivity index (χ1v) is 5.67. The van der Waals surface area contributed by atoms with Crippen LogP contribution in [0.1, 0.15) is 16.7 Å². The Morgan fingerprint density at radius 1 is 0.824 bits per heavy atom. The summed E-state index contributed by atoms with van der Waals surface area (Å²) in [6.45, 7) is 6.09. The van der Waals surface area contributed by atoms with Crippen LogP contribution in [0.25, 0.3) is 0 Å². The van der Waals surface area contributed by atoms with Crippen molar-refractivity contribution in [3.8, 4) is 11.5 Å². The van der Waals surface area contributed by atoms with Gasteiger partial charge in [-0.25, -0.2) is 0 Å². The molecule has 0 unspecified atom stereocenters. The van der Waals surface area contributed by atoms with Crippen molar-refractivity contribution in [1.82, 2.24) is 0 Å². The second kappa shape index (κ2) is 4.50. The van der Waals surface area contributed by atoms with Gasteiger partial charge in [-0.3, -0.25) is 0 Å². The summed E-state index contributed by atoms with van der Waals surface area (Å²) in [7, 11) is 0. The lowest BCUT2D eigenvalue weighted by molar-refractivity contribution is 0.481. The molecule has 0 aromatic heterocycles.